The van der Waals surface area contributed by atoms with Gasteiger partial charge in [0.05, 0.1) is 11.5 Å². The zero-order valence-corrected chi connectivity index (χ0v) is 22.7. The van der Waals surface area contributed by atoms with Crippen LogP contribution in [-0.4, -0.2) is 0 Å². The standard InChI is InChI=1S/C34H49N/c1-3-5-7-9-11-16-24-34(28-35)25-22-31(23-26-34)33-27-29(17-13-10-8-6-4-2)20-21-32(33)30-18-14-12-15-19-30/h12,14-15,18-21,27,31H,3-11,13,16-17,22-26H2,1-2H3. The number of hydrogen-bond acceptors (Lipinski definition) is 1. The Hall–Kier alpha value is -2.07. The fourth-order valence-electron chi connectivity index (χ4n) is 6.06. The number of unbranched alkanes of at least 4 members (excludes halogenated alkanes) is 9. The summed E-state index contributed by atoms with van der Waals surface area (Å²) in [5.41, 5.74) is 5.70. The van der Waals surface area contributed by atoms with Crippen molar-refractivity contribution in [3.63, 3.8) is 0 Å². The Morgan fingerprint density at radius 1 is 0.771 bits per heavy atom. The number of rotatable bonds is 15. The maximum absolute atomic E-state index is 10.1. The van der Waals surface area contributed by atoms with Crippen molar-refractivity contribution < 1.29 is 0 Å². The van der Waals surface area contributed by atoms with Gasteiger partial charge in [0.15, 0.2) is 0 Å². The first-order valence-corrected chi connectivity index (χ1v) is 14.8. The third-order valence-corrected chi connectivity index (χ3v) is 8.40. The predicted molar refractivity (Wildman–Crippen MR) is 152 cm³/mol. The summed E-state index contributed by atoms with van der Waals surface area (Å²) in [6.45, 7) is 4.56. The van der Waals surface area contributed by atoms with E-state index in [1.807, 2.05) is 0 Å². The first kappa shape index (κ1) is 27.5. The first-order valence-electron chi connectivity index (χ1n) is 14.8. The summed E-state index contributed by atoms with van der Waals surface area (Å²) in [7, 11) is 0. The zero-order valence-electron chi connectivity index (χ0n) is 22.7. The van der Waals surface area contributed by atoms with Crippen molar-refractivity contribution in [1.82, 2.24) is 0 Å². The molecule has 1 aliphatic rings. The smallest absolute Gasteiger partial charge is 0.0689 e. The Bertz CT molecular complexity index is 883. The molecule has 3 rings (SSSR count). The molecule has 0 aromatic heterocycles. The third kappa shape index (κ3) is 8.52. The van der Waals surface area contributed by atoms with Crippen molar-refractivity contribution in [2.45, 2.75) is 129 Å². The second-order valence-electron chi connectivity index (χ2n) is 11.1. The van der Waals surface area contributed by atoms with E-state index >= 15 is 0 Å². The summed E-state index contributed by atoms with van der Waals surface area (Å²) in [5, 5.41) is 10.1. The van der Waals surface area contributed by atoms with Gasteiger partial charge in [0.2, 0.25) is 0 Å². The second kappa shape index (κ2) is 15.1. The van der Waals surface area contributed by atoms with Crippen LogP contribution in [0.25, 0.3) is 11.1 Å². The van der Waals surface area contributed by atoms with Gasteiger partial charge in [-0.3, -0.25) is 0 Å². The van der Waals surface area contributed by atoms with Crippen LogP contribution in [-0.2, 0) is 6.42 Å². The quantitative estimate of drug-likeness (QED) is 0.237. The summed E-state index contributed by atoms with van der Waals surface area (Å²) in [6.07, 6.45) is 21.3. The molecular weight excluding hydrogens is 422 g/mol. The predicted octanol–water partition coefficient (Wildman–Crippen LogP) is 10.8. The molecule has 0 heterocycles. The molecule has 190 valence electrons. The molecule has 1 aliphatic carbocycles. The van der Waals surface area contributed by atoms with Crippen molar-refractivity contribution in [3.8, 4) is 17.2 Å². The maximum atomic E-state index is 10.1. The van der Waals surface area contributed by atoms with E-state index in [4.69, 9.17) is 0 Å². The Morgan fingerprint density at radius 2 is 1.40 bits per heavy atom. The van der Waals surface area contributed by atoms with Gasteiger partial charge < -0.3 is 0 Å². The Balaban J connectivity index is 1.66. The minimum Gasteiger partial charge on any atom is -0.198 e. The van der Waals surface area contributed by atoms with Crippen molar-refractivity contribution in [3.05, 3.63) is 59.7 Å². The normalized spacial score (nSPS) is 20.0. The summed E-state index contributed by atoms with van der Waals surface area (Å²) in [6, 6.07) is 21.0. The molecule has 0 aliphatic heterocycles. The van der Waals surface area contributed by atoms with E-state index in [1.54, 1.807) is 0 Å². The van der Waals surface area contributed by atoms with Gasteiger partial charge in [-0.05, 0) is 73.1 Å². The highest BCUT2D eigenvalue weighted by Gasteiger charge is 2.36. The van der Waals surface area contributed by atoms with Crippen LogP contribution >= 0.6 is 0 Å². The van der Waals surface area contributed by atoms with E-state index in [0.29, 0.717) is 5.92 Å². The van der Waals surface area contributed by atoms with Gasteiger partial charge in [-0.15, -0.1) is 0 Å². The van der Waals surface area contributed by atoms with E-state index in [0.717, 1.165) is 32.1 Å². The van der Waals surface area contributed by atoms with E-state index in [1.165, 1.54) is 99.3 Å². The van der Waals surface area contributed by atoms with Gasteiger partial charge in [0, 0.05) is 0 Å². The summed E-state index contributed by atoms with van der Waals surface area (Å²) < 4.78 is 0. The van der Waals surface area contributed by atoms with E-state index in [9.17, 15) is 5.26 Å². The molecule has 0 unspecified atom stereocenters. The lowest BCUT2D eigenvalue weighted by molar-refractivity contribution is 0.223. The minimum atomic E-state index is -0.0783. The van der Waals surface area contributed by atoms with Crippen LogP contribution in [0.15, 0.2) is 48.5 Å². The highest BCUT2D eigenvalue weighted by molar-refractivity contribution is 5.68. The van der Waals surface area contributed by atoms with Gasteiger partial charge >= 0.3 is 0 Å². The zero-order chi connectivity index (χ0) is 24.8. The van der Waals surface area contributed by atoms with Gasteiger partial charge in [-0.1, -0.05) is 127 Å². The molecule has 0 spiro atoms. The lowest BCUT2D eigenvalue weighted by Crippen LogP contribution is -2.25. The Morgan fingerprint density at radius 3 is 2.06 bits per heavy atom. The lowest BCUT2D eigenvalue weighted by Gasteiger charge is -2.36. The van der Waals surface area contributed by atoms with Crippen LogP contribution in [0, 0.1) is 16.7 Å². The van der Waals surface area contributed by atoms with Gasteiger partial charge in [-0.25, -0.2) is 0 Å². The van der Waals surface area contributed by atoms with Crippen molar-refractivity contribution >= 4 is 0 Å². The number of nitriles is 1. The van der Waals surface area contributed by atoms with E-state index in [2.05, 4.69) is 68.4 Å². The molecule has 0 amide bonds. The monoisotopic (exact) mass is 471 g/mol. The maximum Gasteiger partial charge on any atom is 0.0689 e. The number of nitrogens with zero attached hydrogens (tertiary/aromatic N) is 1. The molecule has 2 aromatic rings. The number of aryl methyl sites for hydroxylation is 1. The fraction of sp³-hybridized carbons (Fsp3) is 0.618. The van der Waals surface area contributed by atoms with Crippen molar-refractivity contribution in [1.29, 1.82) is 5.26 Å². The molecule has 2 aromatic carbocycles. The molecule has 35 heavy (non-hydrogen) atoms. The Kier molecular flexibility index (Phi) is 11.9. The largest absolute Gasteiger partial charge is 0.198 e. The molecule has 0 bridgehead atoms. The molecule has 0 atom stereocenters. The molecule has 1 fully saturated rings. The van der Waals surface area contributed by atoms with Crippen molar-refractivity contribution in [2.24, 2.45) is 5.41 Å². The van der Waals surface area contributed by atoms with Crippen molar-refractivity contribution in [2.75, 3.05) is 0 Å². The second-order valence-corrected chi connectivity index (χ2v) is 11.1. The lowest BCUT2D eigenvalue weighted by atomic mass is 9.66. The summed E-state index contributed by atoms with van der Waals surface area (Å²) in [4.78, 5) is 0. The third-order valence-electron chi connectivity index (χ3n) is 8.40. The average Bonchev–Trinajstić information content (AvgIpc) is 2.91. The topological polar surface area (TPSA) is 23.8 Å². The van der Waals surface area contributed by atoms with Crippen LogP contribution in [0.1, 0.15) is 134 Å². The highest BCUT2D eigenvalue weighted by Crippen LogP contribution is 2.47. The molecular formula is C34H49N. The summed E-state index contributed by atoms with van der Waals surface area (Å²) in [5.74, 6) is 0.580. The minimum absolute atomic E-state index is 0.0783. The fourth-order valence-corrected chi connectivity index (χ4v) is 6.06. The van der Waals surface area contributed by atoms with E-state index in [-0.39, 0.29) is 5.41 Å². The molecule has 1 nitrogen and oxygen atoms in total. The molecule has 0 saturated heterocycles. The van der Waals surface area contributed by atoms with Gasteiger partial charge in [0.25, 0.3) is 0 Å². The SMILES string of the molecule is CCCCCCCCC1(C#N)CCC(c2cc(CCCCCCC)ccc2-c2ccccc2)CC1. The molecule has 1 saturated carbocycles. The van der Waals surface area contributed by atoms with Crippen LogP contribution in [0.3, 0.4) is 0 Å². The highest BCUT2D eigenvalue weighted by atomic mass is 14.4. The Labute approximate surface area is 216 Å². The van der Waals surface area contributed by atoms with Gasteiger partial charge in [-0.2, -0.15) is 5.26 Å². The first-order chi connectivity index (χ1) is 17.2. The number of hydrogen-bond donors (Lipinski definition) is 0. The van der Waals surface area contributed by atoms with Crippen LogP contribution in [0.2, 0.25) is 0 Å². The average molecular weight is 472 g/mol. The molecule has 1 heteroatoms. The molecule has 0 radical (unpaired) electrons. The van der Waals surface area contributed by atoms with Crippen LogP contribution < -0.4 is 0 Å². The van der Waals surface area contributed by atoms with E-state index < -0.39 is 0 Å². The molecule has 0 N–H and O–H groups in total. The summed E-state index contributed by atoms with van der Waals surface area (Å²) >= 11 is 0. The van der Waals surface area contributed by atoms with Crippen LogP contribution in [0.4, 0.5) is 0 Å². The van der Waals surface area contributed by atoms with Gasteiger partial charge in [0.1, 0.15) is 0 Å². The van der Waals surface area contributed by atoms with Crippen LogP contribution in [0.5, 0.6) is 0 Å². The number of benzene rings is 2.